The summed E-state index contributed by atoms with van der Waals surface area (Å²) < 4.78 is 1.76. The Morgan fingerprint density at radius 2 is 2.00 bits per heavy atom. The minimum absolute atomic E-state index is 0.00834. The summed E-state index contributed by atoms with van der Waals surface area (Å²) in [6.45, 7) is 3.59. The summed E-state index contributed by atoms with van der Waals surface area (Å²) in [5, 5.41) is 14.7. The van der Waals surface area contributed by atoms with E-state index in [1.165, 1.54) is 11.1 Å². The zero-order valence-corrected chi connectivity index (χ0v) is 18.0. The van der Waals surface area contributed by atoms with E-state index >= 15 is 0 Å². The number of carbonyl (C=O) groups excluding carboxylic acids is 1. The van der Waals surface area contributed by atoms with Crippen LogP contribution in [0, 0.1) is 0 Å². The minimum Gasteiger partial charge on any atom is -0.325 e. The molecular weight excluding hydrogens is 396 g/mol. The fourth-order valence-electron chi connectivity index (χ4n) is 3.90. The topological polar surface area (TPSA) is 75.9 Å². The van der Waals surface area contributed by atoms with Crippen LogP contribution in [-0.4, -0.2) is 49.9 Å². The molecule has 3 aromatic rings. The van der Waals surface area contributed by atoms with Crippen LogP contribution in [0.1, 0.15) is 30.5 Å². The van der Waals surface area contributed by atoms with Gasteiger partial charge in [-0.1, -0.05) is 37.3 Å². The first kappa shape index (κ1) is 20.6. The Morgan fingerprint density at radius 1 is 1.20 bits per heavy atom. The second kappa shape index (κ2) is 9.40. The standard InChI is InChI=1S/C22H26N6OS/c1-3-16-7-9-17(10-8-16)13-27-14-19(28-15-23-25-26-28)12-21(27)22(29)24-18-5-4-6-20(11-18)30-2/h4-11,15,19,21H,3,12-14H2,1-2H3,(H,24,29)/t19-,21-/m0/s1. The van der Waals surface area contributed by atoms with Crippen molar-refractivity contribution in [3.05, 3.63) is 66.0 Å². The van der Waals surface area contributed by atoms with Crippen LogP contribution in [0.3, 0.4) is 0 Å². The number of aryl methyl sites for hydroxylation is 1. The largest absolute Gasteiger partial charge is 0.325 e. The highest BCUT2D eigenvalue weighted by Crippen LogP contribution is 2.29. The van der Waals surface area contributed by atoms with Crippen molar-refractivity contribution in [3.63, 3.8) is 0 Å². The number of aromatic nitrogens is 4. The number of hydrogen-bond donors (Lipinski definition) is 1. The van der Waals surface area contributed by atoms with Crippen molar-refractivity contribution >= 4 is 23.4 Å². The van der Waals surface area contributed by atoms with Crippen LogP contribution < -0.4 is 5.32 Å². The molecule has 1 saturated heterocycles. The Balaban J connectivity index is 1.52. The summed E-state index contributed by atoms with van der Waals surface area (Å²) in [6.07, 6.45) is 5.35. The fraction of sp³-hybridized carbons (Fsp3) is 0.364. The molecule has 2 heterocycles. The van der Waals surface area contributed by atoms with Crippen molar-refractivity contribution in [2.24, 2.45) is 0 Å². The maximum absolute atomic E-state index is 13.2. The van der Waals surface area contributed by atoms with Crippen molar-refractivity contribution in [2.45, 2.75) is 43.3 Å². The molecule has 4 rings (SSSR count). The van der Waals surface area contributed by atoms with Gasteiger partial charge in [-0.25, -0.2) is 4.68 Å². The number of likely N-dealkylation sites (tertiary alicyclic amines) is 1. The number of tetrazole rings is 1. The van der Waals surface area contributed by atoms with Gasteiger partial charge in [0.05, 0.1) is 12.1 Å². The molecule has 30 heavy (non-hydrogen) atoms. The zero-order chi connectivity index (χ0) is 20.9. The first-order valence-corrected chi connectivity index (χ1v) is 11.4. The monoisotopic (exact) mass is 422 g/mol. The van der Waals surface area contributed by atoms with Gasteiger partial charge in [-0.15, -0.1) is 16.9 Å². The number of nitrogens with zero attached hydrogens (tertiary/aromatic N) is 5. The summed E-state index contributed by atoms with van der Waals surface area (Å²) in [6, 6.07) is 16.4. The van der Waals surface area contributed by atoms with Crippen molar-refractivity contribution in [1.29, 1.82) is 0 Å². The predicted molar refractivity (Wildman–Crippen MR) is 118 cm³/mol. The average molecular weight is 423 g/mol. The minimum atomic E-state index is -0.247. The lowest BCUT2D eigenvalue weighted by Gasteiger charge is -2.23. The van der Waals surface area contributed by atoms with Crippen molar-refractivity contribution in [3.8, 4) is 0 Å². The Labute approximate surface area is 180 Å². The molecule has 7 nitrogen and oxygen atoms in total. The highest BCUT2D eigenvalue weighted by molar-refractivity contribution is 7.98. The molecule has 8 heteroatoms. The molecule has 2 atom stereocenters. The second-order valence-corrected chi connectivity index (χ2v) is 8.40. The fourth-order valence-corrected chi connectivity index (χ4v) is 4.35. The normalized spacial score (nSPS) is 19.1. The first-order valence-electron chi connectivity index (χ1n) is 10.2. The van der Waals surface area contributed by atoms with Crippen LogP contribution >= 0.6 is 11.8 Å². The van der Waals surface area contributed by atoms with Crippen molar-refractivity contribution in [2.75, 3.05) is 18.1 Å². The van der Waals surface area contributed by atoms with Crippen LogP contribution in [0.5, 0.6) is 0 Å². The average Bonchev–Trinajstić information content (AvgIpc) is 3.44. The number of nitrogens with one attached hydrogen (secondary N) is 1. The van der Waals surface area contributed by atoms with Crippen LogP contribution in [0.2, 0.25) is 0 Å². The lowest BCUT2D eigenvalue weighted by molar-refractivity contribution is -0.120. The van der Waals surface area contributed by atoms with Crippen LogP contribution in [-0.2, 0) is 17.8 Å². The molecule has 1 fully saturated rings. The van der Waals surface area contributed by atoms with Gasteiger partial charge >= 0.3 is 0 Å². The van der Waals surface area contributed by atoms with Gasteiger partial charge in [0.1, 0.15) is 6.33 Å². The summed E-state index contributed by atoms with van der Waals surface area (Å²) in [5.74, 6) is 0.00834. The Bertz CT molecular complexity index is 976. The molecular formula is C22H26N6OS. The second-order valence-electron chi connectivity index (χ2n) is 7.52. The maximum Gasteiger partial charge on any atom is 0.241 e. The molecule has 0 spiro atoms. The van der Waals surface area contributed by atoms with Crippen LogP contribution in [0.15, 0.2) is 59.8 Å². The van der Waals surface area contributed by atoms with Gasteiger partial charge in [0.25, 0.3) is 0 Å². The molecule has 0 saturated carbocycles. The number of amides is 1. The molecule has 1 aromatic heterocycles. The van der Waals surface area contributed by atoms with Crippen LogP contribution in [0.25, 0.3) is 0 Å². The molecule has 0 aliphatic carbocycles. The quantitative estimate of drug-likeness (QED) is 0.588. The summed E-state index contributed by atoms with van der Waals surface area (Å²) in [5.41, 5.74) is 3.34. The van der Waals surface area contributed by atoms with Crippen LogP contribution in [0.4, 0.5) is 5.69 Å². The number of anilines is 1. The molecule has 0 radical (unpaired) electrons. The van der Waals surface area contributed by atoms with Gasteiger partial charge in [0, 0.05) is 23.7 Å². The number of rotatable bonds is 7. The molecule has 1 aliphatic heterocycles. The van der Waals surface area contributed by atoms with Gasteiger partial charge in [0.2, 0.25) is 5.91 Å². The van der Waals surface area contributed by atoms with E-state index in [4.69, 9.17) is 0 Å². The zero-order valence-electron chi connectivity index (χ0n) is 17.2. The predicted octanol–water partition coefficient (Wildman–Crippen LogP) is 3.41. The van der Waals surface area contributed by atoms with Crippen molar-refractivity contribution in [1.82, 2.24) is 25.1 Å². The van der Waals surface area contributed by atoms with E-state index in [2.05, 4.69) is 56.9 Å². The number of carbonyl (C=O) groups is 1. The Morgan fingerprint density at radius 3 is 2.70 bits per heavy atom. The third kappa shape index (κ3) is 4.71. The highest BCUT2D eigenvalue weighted by atomic mass is 32.2. The van der Waals surface area contributed by atoms with E-state index in [1.807, 2.05) is 30.5 Å². The number of thioether (sulfide) groups is 1. The van der Waals surface area contributed by atoms with Gasteiger partial charge in [-0.05, 0) is 58.9 Å². The van der Waals surface area contributed by atoms with Gasteiger partial charge in [0.15, 0.2) is 0 Å². The third-order valence-corrected chi connectivity index (χ3v) is 6.30. The summed E-state index contributed by atoms with van der Waals surface area (Å²) in [4.78, 5) is 16.6. The smallest absolute Gasteiger partial charge is 0.241 e. The highest BCUT2D eigenvalue weighted by Gasteiger charge is 2.38. The molecule has 0 unspecified atom stereocenters. The summed E-state index contributed by atoms with van der Waals surface area (Å²) in [7, 11) is 0. The molecule has 1 aliphatic rings. The molecule has 1 N–H and O–H groups in total. The molecule has 156 valence electrons. The molecule has 0 bridgehead atoms. The third-order valence-electron chi connectivity index (χ3n) is 5.58. The van der Waals surface area contributed by atoms with Gasteiger partial charge in [-0.3, -0.25) is 9.69 Å². The SMILES string of the molecule is CCc1ccc(CN2C[C@@H](n3cnnn3)C[C@H]2C(=O)Nc2cccc(SC)c2)cc1. The van der Waals surface area contributed by atoms with Gasteiger partial charge < -0.3 is 5.32 Å². The molecule has 2 aromatic carbocycles. The van der Waals surface area contributed by atoms with E-state index in [0.717, 1.165) is 23.5 Å². The Kier molecular flexibility index (Phi) is 6.44. The first-order chi connectivity index (χ1) is 14.7. The lowest BCUT2D eigenvalue weighted by atomic mass is 10.1. The number of hydrogen-bond acceptors (Lipinski definition) is 6. The van der Waals surface area contributed by atoms with Crippen molar-refractivity contribution < 1.29 is 4.79 Å². The van der Waals surface area contributed by atoms with Gasteiger partial charge in [-0.2, -0.15) is 0 Å². The Hall–Kier alpha value is -2.71. The lowest BCUT2D eigenvalue weighted by Crippen LogP contribution is -2.39. The number of benzene rings is 2. The van der Waals surface area contributed by atoms with E-state index in [9.17, 15) is 4.79 Å². The van der Waals surface area contributed by atoms with E-state index in [-0.39, 0.29) is 18.0 Å². The van der Waals surface area contributed by atoms with E-state index in [1.54, 1.807) is 22.8 Å². The maximum atomic E-state index is 13.2. The summed E-state index contributed by atoms with van der Waals surface area (Å²) >= 11 is 1.66. The molecule has 1 amide bonds. The van der Waals surface area contributed by atoms with E-state index in [0.29, 0.717) is 13.0 Å². The van der Waals surface area contributed by atoms with E-state index < -0.39 is 0 Å².